The summed E-state index contributed by atoms with van der Waals surface area (Å²) in [5.74, 6) is -0.497. The number of carbonyl (C=O) groups is 1. The van der Waals surface area contributed by atoms with Crippen molar-refractivity contribution in [3.63, 3.8) is 0 Å². The Balaban J connectivity index is 2.51. The van der Waals surface area contributed by atoms with Crippen LogP contribution in [-0.2, 0) is 26.0 Å². The Labute approximate surface area is 120 Å². The highest BCUT2D eigenvalue weighted by Crippen LogP contribution is 2.13. The lowest BCUT2D eigenvalue weighted by atomic mass is 10.1. The predicted octanol–water partition coefficient (Wildman–Crippen LogP) is 2.33. The molecule has 112 valence electrons. The van der Waals surface area contributed by atoms with E-state index in [1.807, 2.05) is 12.1 Å². The van der Waals surface area contributed by atoms with Crippen LogP contribution >= 0.6 is 0 Å². The van der Waals surface area contributed by atoms with E-state index in [1.54, 1.807) is 12.1 Å². The summed E-state index contributed by atoms with van der Waals surface area (Å²) in [6.45, 7) is 2.10. The first-order valence-corrected chi connectivity index (χ1v) is 8.28. The molecule has 0 aromatic heterocycles. The summed E-state index contributed by atoms with van der Waals surface area (Å²) in [6.07, 6.45) is 2.38. The van der Waals surface area contributed by atoms with Gasteiger partial charge in [-0.05, 0) is 30.5 Å². The van der Waals surface area contributed by atoms with Gasteiger partial charge >= 0.3 is 5.97 Å². The fourth-order valence-corrected chi connectivity index (χ4v) is 2.89. The van der Waals surface area contributed by atoms with Crippen molar-refractivity contribution in [1.82, 2.24) is 0 Å². The summed E-state index contributed by atoms with van der Waals surface area (Å²) in [7, 11) is -2.14. The Morgan fingerprint density at radius 2 is 1.90 bits per heavy atom. The number of carbonyl (C=O) groups excluding carboxylic acids is 1. The van der Waals surface area contributed by atoms with Gasteiger partial charge in [-0.25, -0.2) is 8.42 Å². The molecule has 1 N–H and O–H groups in total. The van der Waals surface area contributed by atoms with Crippen molar-refractivity contribution in [3.8, 4) is 0 Å². The normalized spacial score (nSPS) is 11.1. The molecule has 0 fully saturated rings. The highest BCUT2D eigenvalue weighted by molar-refractivity contribution is 7.92. The summed E-state index contributed by atoms with van der Waals surface area (Å²) in [4.78, 5) is 10.9. The molecule has 0 aliphatic rings. The van der Waals surface area contributed by atoms with Gasteiger partial charge in [0, 0.05) is 12.1 Å². The van der Waals surface area contributed by atoms with Crippen molar-refractivity contribution in [1.29, 1.82) is 0 Å². The fourth-order valence-electron chi connectivity index (χ4n) is 1.77. The van der Waals surface area contributed by atoms with E-state index in [9.17, 15) is 13.2 Å². The van der Waals surface area contributed by atoms with Gasteiger partial charge in [0.15, 0.2) is 0 Å². The fraction of sp³-hybridized carbons (Fsp3) is 0.500. The molecule has 0 heterocycles. The van der Waals surface area contributed by atoms with Crippen LogP contribution in [0.1, 0.15) is 31.7 Å². The monoisotopic (exact) mass is 299 g/mol. The van der Waals surface area contributed by atoms with Gasteiger partial charge in [-0.1, -0.05) is 25.5 Å². The Morgan fingerprint density at radius 1 is 1.25 bits per heavy atom. The van der Waals surface area contributed by atoms with E-state index in [-0.39, 0.29) is 18.6 Å². The molecule has 1 aromatic carbocycles. The first kappa shape index (κ1) is 16.5. The number of anilines is 1. The van der Waals surface area contributed by atoms with Gasteiger partial charge in [-0.3, -0.25) is 9.52 Å². The topological polar surface area (TPSA) is 72.5 Å². The largest absolute Gasteiger partial charge is 0.469 e. The van der Waals surface area contributed by atoms with E-state index in [1.165, 1.54) is 12.7 Å². The summed E-state index contributed by atoms with van der Waals surface area (Å²) in [5.41, 5.74) is 1.73. The molecular formula is C14H21NO4S. The summed E-state index contributed by atoms with van der Waals surface area (Å²) in [6, 6.07) is 7.33. The van der Waals surface area contributed by atoms with Gasteiger partial charge in [0.2, 0.25) is 10.0 Å². The van der Waals surface area contributed by atoms with Crippen LogP contribution in [0, 0.1) is 0 Å². The van der Waals surface area contributed by atoms with Crippen LogP contribution in [-0.4, -0.2) is 27.2 Å². The number of nitrogens with one attached hydrogen (secondary N) is 1. The van der Waals surface area contributed by atoms with Crippen LogP contribution < -0.4 is 4.72 Å². The molecule has 6 heteroatoms. The second kappa shape index (κ2) is 7.89. The molecule has 0 saturated carbocycles. The molecule has 0 unspecified atom stereocenters. The van der Waals surface area contributed by atoms with Gasteiger partial charge in [0.1, 0.15) is 0 Å². The van der Waals surface area contributed by atoms with Crippen LogP contribution in [0.5, 0.6) is 0 Å². The number of aryl methyl sites for hydroxylation is 1. The van der Waals surface area contributed by atoms with Crippen molar-refractivity contribution < 1.29 is 17.9 Å². The summed E-state index contributed by atoms with van der Waals surface area (Å²) < 4.78 is 30.6. The Morgan fingerprint density at radius 3 is 2.45 bits per heavy atom. The third kappa shape index (κ3) is 6.06. The molecule has 0 saturated heterocycles. The van der Waals surface area contributed by atoms with Gasteiger partial charge in [0.25, 0.3) is 0 Å². The van der Waals surface area contributed by atoms with Crippen molar-refractivity contribution >= 4 is 21.7 Å². The average Bonchev–Trinajstić information content (AvgIpc) is 2.40. The lowest BCUT2D eigenvalue weighted by Crippen LogP contribution is -2.17. The molecule has 0 aliphatic heterocycles. The number of ether oxygens (including phenoxy) is 1. The van der Waals surface area contributed by atoms with E-state index in [0.29, 0.717) is 5.69 Å². The molecule has 0 atom stereocenters. The minimum absolute atomic E-state index is 0.0984. The number of methoxy groups -OCH3 is 1. The molecular weight excluding hydrogens is 278 g/mol. The quantitative estimate of drug-likeness (QED) is 0.748. The zero-order chi connectivity index (χ0) is 15.0. The predicted molar refractivity (Wildman–Crippen MR) is 79.1 cm³/mol. The highest BCUT2D eigenvalue weighted by Gasteiger charge is 2.11. The number of sulfonamides is 1. The second-order valence-corrected chi connectivity index (χ2v) is 6.39. The standard InChI is InChI=1S/C14H21NO4S/c1-3-5-12-7-9-13(10-8-12)15-20(17,18)11-4-6-14(16)19-2/h7-10,15H,3-6,11H2,1-2H3. The second-order valence-electron chi connectivity index (χ2n) is 4.55. The van der Waals surface area contributed by atoms with Crippen LogP contribution in [0.4, 0.5) is 5.69 Å². The number of hydrogen-bond donors (Lipinski definition) is 1. The van der Waals surface area contributed by atoms with Crippen LogP contribution in [0.3, 0.4) is 0 Å². The van der Waals surface area contributed by atoms with Gasteiger partial charge in [0.05, 0.1) is 12.9 Å². The Hall–Kier alpha value is -1.56. The Kier molecular flexibility index (Phi) is 6.51. The first-order chi connectivity index (χ1) is 9.46. The first-order valence-electron chi connectivity index (χ1n) is 6.63. The zero-order valence-corrected chi connectivity index (χ0v) is 12.7. The van der Waals surface area contributed by atoms with Gasteiger partial charge in [-0.2, -0.15) is 0 Å². The minimum atomic E-state index is -3.42. The molecule has 1 rings (SSSR count). The van der Waals surface area contributed by atoms with E-state index in [2.05, 4.69) is 16.4 Å². The molecule has 1 aromatic rings. The van der Waals surface area contributed by atoms with Crippen LogP contribution in [0.25, 0.3) is 0 Å². The van der Waals surface area contributed by atoms with Gasteiger partial charge in [-0.15, -0.1) is 0 Å². The van der Waals surface area contributed by atoms with Crippen LogP contribution in [0.2, 0.25) is 0 Å². The molecule has 0 bridgehead atoms. The maximum atomic E-state index is 11.8. The summed E-state index contributed by atoms with van der Waals surface area (Å²) in [5, 5.41) is 0. The zero-order valence-electron chi connectivity index (χ0n) is 11.9. The molecule has 0 aliphatic carbocycles. The van der Waals surface area contributed by atoms with Crippen molar-refractivity contribution in [2.75, 3.05) is 17.6 Å². The van der Waals surface area contributed by atoms with E-state index in [4.69, 9.17) is 0 Å². The lowest BCUT2D eigenvalue weighted by molar-refractivity contribution is -0.140. The third-order valence-electron chi connectivity index (χ3n) is 2.79. The number of hydrogen-bond acceptors (Lipinski definition) is 4. The van der Waals surface area contributed by atoms with Crippen molar-refractivity contribution in [2.24, 2.45) is 0 Å². The van der Waals surface area contributed by atoms with Gasteiger partial charge < -0.3 is 4.74 Å². The van der Waals surface area contributed by atoms with E-state index < -0.39 is 16.0 Å². The van der Waals surface area contributed by atoms with E-state index >= 15 is 0 Å². The third-order valence-corrected chi connectivity index (χ3v) is 4.16. The highest BCUT2D eigenvalue weighted by atomic mass is 32.2. The number of benzene rings is 1. The molecule has 0 spiro atoms. The summed E-state index contributed by atoms with van der Waals surface area (Å²) >= 11 is 0. The SMILES string of the molecule is CCCc1ccc(NS(=O)(=O)CCCC(=O)OC)cc1. The molecule has 20 heavy (non-hydrogen) atoms. The maximum absolute atomic E-state index is 11.8. The Bertz CT molecular complexity index is 523. The van der Waals surface area contributed by atoms with E-state index in [0.717, 1.165) is 12.8 Å². The number of esters is 1. The van der Waals surface area contributed by atoms with Crippen molar-refractivity contribution in [2.45, 2.75) is 32.6 Å². The minimum Gasteiger partial charge on any atom is -0.469 e. The van der Waals surface area contributed by atoms with Crippen LogP contribution in [0.15, 0.2) is 24.3 Å². The molecule has 5 nitrogen and oxygen atoms in total. The maximum Gasteiger partial charge on any atom is 0.305 e. The number of rotatable bonds is 8. The smallest absolute Gasteiger partial charge is 0.305 e. The molecule has 0 radical (unpaired) electrons. The average molecular weight is 299 g/mol. The lowest BCUT2D eigenvalue weighted by Gasteiger charge is -2.08. The molecule has 0 amide bonds. The van der Waals surface area contributed by atoms with Crippen molar-refractivity contribution in [3.05, 3.63) is 29.8 Å².